The lowest BCUT2D eigenvalue weighted by molar-refractivity contribution is 0.0995. The Balaban J connectivity index is 1.86. The van der Waals surface area contributed by atoms with E-state index >= 15 is 0 Å². The molecule has 2 aromatic carbocycles. The summed E-state index contributed by atoms with van der Waals surface area (Å²) in [6.45, 7) is 0. The second-order valence-electron chi connectivity index (χ2n) is 7.05. The van der Waals surface area contributed by atoms with Gasteiger partial charge in [-0.1, -0.05) is 35.3 Å². The third-order valence-electron chi connectivity index (χ3n) is 4.89. The van der Waals surface area contributed by atoms with Crippen LogP contribution in [0.15, 0.2) is 73.1 Å². The smallest absolute Gasteiger partial charge is 0.256 e. The molecule has 0 bridgehead atoms. The number of halogens is 2. The SMILES string of the molecule is NC(=O)c1ccc(C(=O)Nc2ccc(N)nc2)c(-c2ccc(Cl)c(-c3ccccn3)c2)c1Cl. The van der Waals surface area contributed by atoms with Crippen molar-refractivity contribution in [1.82, 2.24) is 9.97 Å². The maximum atomic E-state index is 13.2. The van der Waals surface area contributed by atoms with Crippen LogP contribution in [0.3, 0.4) is 0 Å². The van der Waals surface area contributed by atoms with Crippen LogP contribution in [0.1, 0.15) is 20.7 Å². The van der Waals surface area contributed by atoms with Gasteiger partial charge in [-0.25, -0.2) is 4.98 Å². The first kappa shape index (κ1) is 22.3. The molecule has 33 heavy (non-hydrogen) atoms. The van der Waals surface area contributed by atoms with E-state index in [9.17, 15) is 9.59 Å². The Morgan fingerprint density at radius 1 is 0.909 bits per heavy atom. The van der Waals surface area contributed by atoms with Crippen molar-refractivity contribution in [3.63, 3.8) is 0 Å². The highest BCUT2D eigenvalue weighted by Crippen LogP contribution is 2.38. The van der Waals surface area contributed by atoms with Crippen molar-refractivity contribution >= 4 is 46.5 Å². The van der Waals surface area contributed by atoms with Gasteiger partial charge < -0.3 is 16.8 Å². The highest BCUT2D eigenvalue weighted by atomic mass is 35.5. The minimum atomic E-state index is -0.713. The number of amides is 2. The molecule has 4 rings (SSSR count). The summed E-state index contributed by atoms with van der Waals surface area (Å²) in [6.07, 6.45) is 3.09. The predicted octanol–water partition coefficient (Wildman–Crippen LogP) is 5.05. The van der Waals surface area contributed by atoms with Crippen molar-refractivity contribution in [2.75, 3.05) is 11.1 Å². The highest BCUT2D eigenvalue weighted by Gasteiger charge is 2.22. The van der Waals surface area contributed by atoms with Crippen molar-refractivity contribution < 1.29 is 9.59 Å². The van der Waals surface area contributed by atoms with E-state index in [4.69, 9.17) is 34.7 Å². The number of rotatable bonds is 5. The van der Waals surface area contributed by atoms with Crippen LogP contribution in [0, 0.1) is 0 Å². The Bertz CT molecular complexity index is 1360. The van der Waals surface area contributed by atoms with Crippen molar-refractivity contribution in [2.45, 2.75) is 0 Å². The van der Waals surface area contributed by atoms with E-state index in [0.29, 0.717) is 38.9 Å². The van der Waals surface area contributed by atoms with Gasteiger partial charge >= 0.3 is 0 Å². The predicted molar refractivity (Wildman–Crippen MR) is 130 cm³/mol. The number of primary amides is 1. The molecule has 164 valence electrons. The van der Waals surface area contributed by atoms with Crippen molar-refractivity contribution in [3.05, 3.63) is 94.2 Å². The van der Waals surface area contributed by atoms with E-state index < -0.39 is 11.8 Å². The first-order valence-electron chi connectivity index (χ1n) is 9.71. The zero-order valence-corrected chi connectivity index (χ0v) is 18.6. The molecule has 0 unspecified atom stereocenters. The van der Waals surface area contributed by atoms with E-state index in [1.807, 2.05) is 12.1 Å². The molecule has 2 heterocycles. The number of carbonyl (C=O) groups excluding carboxylic acids is 2. The Labute approximate surface area is 199 Å². The molecule has 0 aliphatic carbocycles. The number of nitrogens with zero attached hydrogens (tertiary/aromatic N) is 2. The molecule has 0 radical (unpaired) electrons. The molecule has 0 spiro atoms. The van der Waals surface area contributed by atoms with Crippen molar-refractivity contribution in [1.29, 1.82) is 0 Å². The number of hydrogen-bond donors (Lipinski definition) is 3. The number of aromatic nitrogens is 2. The average Bonchev–Trinajstić information content (AvgIpc) is 2.81. The molecule has 0 aliphatic rings. The van der Waals surface area contributed by atoms with E-state index in [1.54, 1.807) is 42.6 Å². The van der Waals surface area contributed by atoms with Crippen LogP contribution in [-0.4, -0.2) is 21.8 Å². The lowest BCUT2D eigenvalue weighted by atomic mass is 9.94. The Morgan fingerprint density at radius 2 is 1.70 bits per heavy atom. The summed E-state index contributed by atoms with van der Waals surface area (Å²) in [5.41, 5.74) is 14.1. The molecule has 2 amide bonds. The van der Waals surface area contributed by atoms with Crippen molar-refractivity contribution in [3.8, 4) is 22.4 Å². The highest BCUT2D eigenvalue weighted by molar-refractivity contribution is 6.38. The van der Waals surface area contributed by atoms with E-state index in [1.165, 1.54) is 18.3 Å². The first-order chi connectivity index (χ1) is 15.8. The summed E-state index contributed by atoms with van der Waals surface area (Å²) >= 11 is 13.0. The number of carbonyl (C=O) groups is 2. The van der Waals surface area contributed by atoms with Crippen LogP contribution >= 0.6 is 23.2 Å². The minimum Gasteiger partial charge on any atom is -0.384 e. The fourth-order valence-electron chi connectivity index (χ4n) is 3.31. The fraction of sp³-hybridized carbons (Fsp3) is 0. The molecule has 0 saturated heterocycles. The number of hydrogen-bond acceptors (Lipinski definition) is 5. The first-order valence-corrected chi connectivity index (χ1v) is 10.5. The fourth-order valence-corrected chi connectivity index (χ4v) is 3.90. The zero-order chi connectivity index (χ0) is 23.5. The summed E-state index contributed by atoms with van der Waals surface area (Å²) < 4.78 is 0. The molecule has 0 atom stereocenters. The number of nitrogen functional groups attached to an aromatic ring is 1. The van der Waals surface area contributed by atoms with Gasteiger partial charge in [-0.05, 0) is 54.1 Å². The number of pyridine rings is 2. The minimum absolute atomic E-state index is 0.0554. The molecule has 0 aliphatic heterocycles. The maximum absolute atomic E-state index is 13.2. The molecule has 0 saturated carbocycles. The normalized spacial score (nSPS) is 10.6. The van der Waals surface area contributed by atoms with Gasteiger partial charge in [0, 0.05) is 27.9 Å². The maximum Gasteiger partial charge on any atom is 0.256 e. The van der Waals surface area contributed by atoms with Crippen LogP contribution in [0.4, 0.5) is 11.5 Å². The number of anilines is 2. The van der Waals surface area contributed by atoms with Crippen LogP contribution in [0.5, 0.6) is 0 Å². The van der Waals surface area contributed by atoms with Gasteiger partial charge in [0.15, 0.2) is 0 Å². The van der Waals surface area contributed by atoms with Gasteiger partial charge in [-0.15, -0.1) is 0 Å². The molecule has 9 heteroatoms. The monoisotopic (exact) mass is 477 g/mol. The Kier molecular flexibility index (Phi) is 6.26. The molecule has 2 aromatic heterocycles. The molecular weight excluding hydrogens is 461 g/mol. The molecule has 4 aromatic rings. The number of nitrogens with two attached hydrogens (primary N) is 2. The zero-order valence-electron chi connectivity index (χ0n) is 17.0. The van der Waals surface area contributed by atoms with Gasteiger partial charge in [0.05, 0.1) is 28.2 Å². The van der Waals surface area contributed by atoms with E-state index in [2.05, 4.69) is 15.3 Å². The lowest BCUT2D eigenvalue weighted by Crippen LogP contribution is -2.17. The average molecular weight is 478 g/mol. The summed E-state index contributed by atoms with van der Waals surface area (Å²) in [7, 11) is 0. The summed E-state index contributed by atoms with van der Waals surface area (Å²) in [4.78, 5) is 33.4. The van der Waals surface area contributed by atoms with Gasteiger partial charge in [0.1, 0.15) is 5.82 Å². The third-order valence-corrected chi connectivity index (χ3v) is 5.61. The van der Waals surface area contributed by atoms with Crippen LogP contribution in [-0.2, 0) is 0 Å². The molecule has 5 N–H and O–H groups in total. The quantitative estimate of drug-likeness (QED) is 0.370. The second-order valence-corrected chi connectivity index (χ2v) is 7.83. The van der Waals surface area contributed by atoms with Crippen LogP contribution in [0.25, 0.3) is 22.4 Å². The lowest BCUT2D eigenvalue weighted by Gasteiger charge is -2.16. The van der Waals surface area contributed by atoms with Crippen molar-refractivity contribution in [2.24, 2.45) is 5.73 Å². The second kappa shape index (κ2) is 9.28. The summed E-state index contributed by atoms with van der Waals surface area (Å²) in [5.74, 6) is -0.843. The standard InChI is InChI=1S/C24H17Cl2N5O2/c25-18-8-4-13(11-17(18)19-3-1-2-10-29-19)21-15(6-7-16(22(21)26)23(28)32)24(33)31-14-5-9-20(27)30-12-14/h1-12H,(H2,27,30)(H2,28,32)(H,31,33). The van der Waals surface area contributed by atoms with Gasteiger partial charge in [0.2, 0.25) is 5.91 Å². The molecule has 7 nitrogen and oxygen atoms in total. The molecular formula is C24H17Cl2N5O2. The van der Waals surface area contributed by atoms with Crippen LogP contribution in [0.2, 0.25) is 10.0 Å². The van der Waals surface area contributed by atoms with Gasteiger partial charge in [0.25, 0.3) is 5.91 Å². The summed E-state index contributed by atoms with van der Waals surface area (Å²) in [5, 5.41) is 3.29. The number of nitrogens with one attached hydrogen (secondary N) is 1. The van der Waals surface area contributed by atoms with Gasteiger partial charge in [-0.2, -0.15) is 0 Å². The Morgan fingerprint density at radius 3 is 2.36 bits per heavy atom. The molecule has 0 fully saturated rings. The topological polar surface area (TPSA) is 124 Å². The van der Waals surface area contributed by atoms with Gasteiger partial charge in [-0.3, -0.25) is 14.6 Å². The largest absolute Gasteiger partial charge is 0.384 e. The van der Waals surface area contributed by atoms with E-state index in [-0.39, 0.29) is 16.1 Å². The Hall–Kier alpha value is -3.94. The van der Waals surface area contributed by atoms with Crippen LogP contribution < -0.4 is 16.8 Å². The third kappa shape index (κ3) is 4.64. The van der Waals surface area contributed by atoms with E-state index in [0.717, 1.165) is 0 Å². The number of benzene rings is 2. The summed E-state index contributed by atoms with van der Waals surface area (Å²) in [6, 6.07) is 16.7.